The lowest BCUT2D eigenvalue weighted by atomic mass is 9.85. The maximum atomic E-state index is 6.66. The third-order valence-corrected chi connectivity index (χ3v) is 9.67. The highest BCUT2D eigenvalue weighted by molar-refractivity contribution is 7.26. The fourth-order valence-corrected chi connectivity index (χ4v) is 7.91. The molecule has 1 nitrogen and oxygen atoms in total. The number of furan rings is 1. The van der Waals surface area contributed by atoms with Crippen molar-refractivity contribution in [2.24, 2.45) is 0 Å². The summed E-state index contributed by atoms with van der Waals surface area (Å²) in [5.41, 5.74) is 7.03. The highest BCUT2D eigenvalue weighted by atomic mass is 32.1. The molecule has 42 heavy (non-hydrogen) atoms. The lowest BCUT2D eigenvalue weighted by Crippen LogP contribution is -1.91. The summed E-state index contributed by atoms with van der Waals surface area (Å²) >= 11 is 1.88. The SMILES string of the molecule is c1ccc(-c2cc3c(-c4c5ccccc5c(-c5ccccc5)c5ccccc45)c4sc5ccccc5c4cc3o2)cc1. The van der Waals surface area contributed by atoms with Crippen molar-refractivity contribution in [1.82, 2.24) is 0 Å². The molecular weight excluding hydrogens is 529 g/mol. The first-order chi connectivity index (χ1) is 20.8. The fourth-order valence-electron chi connectivity index (χ4n) is 6.66. The van der Waals surface area contributed by atoms with Gasteiger partial charge < -0.3 is 4.42 Å². The summed E-state index contributed by atoms with van der Waals surface area (Å²) in [6.45, 7) is 0. The van der Waals surface area contributed by atoms with Crippen LogP contribution in [-0.2, 0) is 0 Å². The van der Waals surface area contributed by atoms with Crippen LogP contribution in [0.5, 0.6) is 0 Å². The molecule has 0 N–H and O–H groups in total. The Hall–Kier alpha value is -5.18. The summed E-state index contributed by atoms with van der Waals surface area (Å²) in [4.78, 5) is 0. The van der Waals surface area contributed by atoms with E-state index >= 15 is 0 Å². The highest BCUT2D eigenvalue weighted by Gasteiger charge is 2.23. The van der Waals surface area contributed by atoms with E-state index in [0.717, 1.165) is 22.3 Å². The molecule has 7 aromatic carbocycles. The van der Waals surface area contributed by atoms with Gasteiger partial charge in [-0.05, 0) is 56.4 Å². The molecule has 0 unspecified atom stereocenters. The van der Waals surface area contributed by atoms with Crippen LogP contribution in [0.3, 0.4) is 0 Å². The van der Waals surface area contributed by atoms with Crippen molar-refractivity contribution in [3.63, 3.8) is 0 Å². The average molecular weight is 553 g/mol. The molecule has 2 heterocycles. The largest absolute Gasteiger partial charge is 0.456 e. The zero-order chi connectivity index (χ0) is 27.6. The van der Waals surface area contributed by atoms with Gasteiger partial charge in [0.25, 0.3) is 0 Å². The molecule has 0 saturated heterocycles. The number of thiophene rings is 1. The van der Waals surface area contributed by atoms with E-state index in [1.54, 1.807) is 0 Å². The number of hydrogen-bond acceptors (Lipinski definition) is 2. The second-order valence-electron chi connectivity index (χ2n) is 10.8. The zero-order valence-corrected chi connectivity index (χ0v) is 23.5. The monoisotopic (exact) mass is 552 g/mol. The van der Waals surface area contributed by atoms with Crippen molar-refractivity contribution in [3.05, 3.63) is 146 Å². The van der Waals surface area contributed by atoms with Crippen LogP contribution in [0.25, 0.3) is 86.3 Å². The van der Waals surface area contributed by atoms with Crippen molar-refractivity contribution in [3.8, 4) is 33.6 Å². The minimum Gasteiger partial charge on any atom is -0.456 e. The Morgan fingerprint density at radius 2 is 0.905 bits per heavy atom. The molecule has 0 saturated carbocycles. The number of hydrogen-bond donors (Lipinski definition) is 0. The Bertz CT molecular complexity index is 2390. The van der Waals surface area contributed by atoms with Crippen LogP contribution in [0.4, 0.5) is 0 Å². The Kier molecular flexibility index (Phi) is 5.13. The predicted octanol–water partition coefficient (Wildman–Crippen LogP) is 12.1. The quantitative estimate of drug-likeness (QED) is 0.199. The molecule has 196 valence electrons. The Balaban J connectivity index is 1.51. The summed E-state index contributed by atoms with van der Waals surface area (Å²) in [6, 6.07) is 52.3. The van der Waals surface area contributed by atoms with E-state index in [-0.39, 0.29) is 0 Å². The van der Waals surface area contributed by atoms with Gasteiger partial charge >= 0.3 is 0 Å². The van der Waals surface area contributed by atoms with Crippen LogP contribution < -0.4 is 0 Å². The molecule has 0 fully saturated rings. The molecule has 0 atom stereocenters. The topological polar surface area (TPSA) is 13.1 Å². The minimum absolute atomic E-state index is 0.892. The third kappa shape index (κ3) is 3.43. The van der Waals surface area contributed by atoms with Gasteiger partial charge in [-0.2, -0.15) is 0 Å². The van der Waals surface area contributed by atoms with E-state index in [1.807, 2.05) is 17.4 Å². The summed E-state index contributed by atoms with van der Waals surface area (Å²) in [5, 5.41) is 8.69. The lowest BCUT2D eigenvalue weighted by Gasteiger charge is -2.18. The van der Waals surface area contributed by atoms with Gasteiger partial charge in [-0.15, -0.1) is 11.3 Å². The smallest absolute Gasteiger partial charge is 0.136 e. The van der Waals surface area contributed by atoms with E-state index in [2.05, 4.69) is 140 Å². The van der Waals surface area contributed by atoms with Gasteiger partial charge in [0, 0.05) is 36.7 Å². The van der Waals surface area contributed by atoms with Gasteiger partial charge in [-0.1, -0.05) is 127 Å². The lowest BCUT2D eigenvalue weighted by molar-refractivity contribution is 0.632. The molecule has 2 aromatic heterocycles. The number of benzene rings is 7. The van der Waals surface area contributed by atoms with Gasteiger partial charge in [-0.3, -0.25) is 0 Å². The van der Waals surface area contributed by atoms with Crippen LogP contribution >= 0.6 is 11.3 Å². The van der Waals surface area contributed by atoms with Crippen LogP contribution in [0.1, 0.15) is 0 Å². The average Bonchev–Trinajstić information content (AvgIpc) is 3.65. The van der Waals surface area contributed by atoms with E-state index in [0.29, 0.717) is 0 Å². The standard InChI is InChI=1S/C40H24OS/c1-3-13-25(14-4-1)34-24-33-35(41-34)23-32-27-17-11-12-22-36(27)42-40(32)39(33)38-30-20-9-7-18-28(30)37(26-15-5-2-6-16-26)29-19-8-10-21-31(29)38/h1-24H. The predicted molar refractivity (Wildman–Crippen MR) is 180 cm³/mol. The zero-order valence-electron chi connectivity index (χ0n) is 22.7. The van der Waals surface area contributed by atoms with Gasteiger partial charge in [0.15, 0.2) is 0 Å². The second-order valence-corrected chi connectivity index (χ2v) is 11.9. The molecule has 0 aliphatic heterocycles. The third-order valence-electron chi connectivity index (χ3n) is 8.47. The summed E-state index contributed by atoms with van der Waals surface area (Å²) in [7, 11) is 0. The molecule has 9 aromatic rings. The van der Waals surface area contributed by atoms with E-state index in [1.165, 1.54) is 64.0 Å². The molecule has 0 radical (unpaired) electrons. The molecule has 0 bridgehead atoms. The summed E-state index contributed by atoms with van der Waals surface area (Å²) < 4.78 is 9.25. The van der Waals surface area contributed by atoms with Crippen LogP contribution in [0.2, 0.25) is 0 Å². The maximum Gasteiger partial charge on any atom is 0.136 e. The van der Waals surface area contributed by atoms with E-state index in [4.69, 9.17) is 4.42 Å². The summed E-state index contributed by atoms with van der Waals surface area (Å²) in [6.07, 6.45) is 0. The van der Waals surface area contributed by atoms with Crippen molar-refractivity contribution >= 4 is 64.0 Å². The maximum absolute atomic E-state index is 6.66. The number of fused-ring (bicyclic) bond motifs is 6. The first-order valence-electron chi connectivity index (χ1n) is 14.3. The second kappa shape index (κ2) is 9.17. The van der Waals surface area contributed by atoms with Crippen molar-refractivity contribution in [2.45, 2.75) is 0 Å². The fraction of sp³-hybridized carbons (Fsp3) is 0. The molecule has 0 amide bonds. The molecule has 9 rings (SSSR count). The molecule has 0 aliphatic rings. The van der Waals surface area contributed by atoms with Crippen LogP contribution in [0.15, 0.2) is 150 Å². The molecule has 0 spiro atoms. The van der Waals surface area contributed by atoms with E-state index < -0.39 is 0 Å². The Morgan fingerprint density at radius 3 is 1.55 bits per heavy atom. The summed E-state index contributed by atoms with van der Waals surface area (Å²) in [5.74, 6) is 0.892. The normalized spacial score (nSPS) is 11.8. The minimum atomic E-state index is 0.892. The van der Waals surface area contributed by atoms with Crippen molar-refractivity contribution < 1.29 is 4.42 Å². The molecular formula is C40H24OS. The van der Waals surface area contributed by atoms with Gasteiger partial charge in [0.05, 0.1) is 0 Å². The molecule has 0 aliphatic carbocycles. The van der Waals surface area contributed by atoms with Crippen LogP contribution in [-0.4, -0.2) is 0 Å². The van der Waals surface area contributed by atoms with Gasteiger partial charge in [-0.25, -0.2) is 0 Å². The van der Waals surface area contributed by atoms with E-state index in [9.17, 15) is 0 Å². The first kappa shape index (κ1) is 23.5. The first-order valence-corrected chi connectivity index (χ1v) is 15.1. The molecule has 2 heteroatoms. The Morgan fingerprint density at radius 1 is 0.381 bits per heavy atom. The van der Waals surface area contributed by atoms with Crippen molar-refractivity contribution in [2.75, 3.05) is 0 Å². The highest BCUT2D eigenvalue weighted by Crippen LogP contribution is 2.51. The Labute approximate surface area is 246 Å². The number of rotatable bonds is 3. The van der Waals surface area contributed by atoms with Crippen molar-refractivity contribution in [1.29, 1.82) is 0 Å². The van der Waals surface area contributed by atoms with Gasteiger partial charge in [0.1, 0.15) is 11.3 Å². The van der Waals surface area contributed by atoms with Gasteiger partial charge in [0.2, 0.25) is 0 Å². The van der Waals surface area contributed by atoms with Crippen LogP contribution in [0, 0.1) is 0 Å².